The molecule has 28 heavy (non-hydrogen) atoms. The second-order valence-corrected chi connectivity index (χ2v) is 9.44. The lowest BCUT2D eigenvalue weighted by Gasteiger charge is -2.12. The van der Waals surface area contributed by atoms with Crippen molar-refractivity contribution < 1.29 is 26.4 Å². The van der Waals surface area contributed by atoms with Gasteiger partial charge in [-0.15, -0.1) is 0 Å². The average Bonchev–Trinajstić information content (AvgIpc) is 2.59. The maximum atomic E-state index is 12.5. The minimum Gasteiger partial charge on any atom is -0.496 e. The Morgan fingerprint density at radius 1 is 1.00 bits per heavy atom. The lowest BCUT2D eigenvalue weighted by molar-refractivity contribution is 0.102. The first kappa shape index (κ1) is 21.8. The van der Waals surface area contributed by atoms with Crippen molar-refractivity contribution in [2.75, 3.05) is 12.4 Å². The molecule has 1 amide bonds. The van der Waals surface area contributed by atoms with E-state index >= 15 is 0 Å². The molecule has 0 bridgehead atoms. The maximum Gasteiger partial charge on any atom is 0.259 e. The highest BCUT2D eigenvalue weighted by Gasteiger charge is 2.19. The van der Waals surface area contributed by atoms with Crippen LogP contribution in [-0.4, -0.2) is 35.9 Å². The first-order chi connectivity index (χ1) is 12.9. The Kier molecular flexibility index (Phi) is 6.44. The number of carbonyl (C=O) groups is 1. The summed E-state index contributed by atoms with van der Waals surface area (Å²) in [5.74, 6) is -0.483. The highest BCUT2D eigenvalue weighted by Crippen LogP contribution is 2.23. The summed E-state index contributed by atoms with van der Waals surface area (Å²) in [5.41, 5.74) is 0.281. The zero-order chi connectivity index (χ0) is 21.1. The molecule has 2 aromatic rings. The second kappa shape index (κ2) is 8.27. The van der Waals surface area contributed by atoms with E-state index in [0.717, 1.165) is 6.07 Å². The molecule has 9 nitrogen and oxygen atoms in total. The van der Waals surface area contributed by atoms with Crippen LogP contribution in [0.2, 0.25) is 0 Å². The Hall–Kier alpha value is -2.47. The smallest absolute Gasteiger partial charge is 0.259 e. The van der Waals surface area contributed by atoms with Crippen LogP contribution in [0, 0.1) is 0 Å². The zero-order valence-electron chi connectivity index (χ0n) is 15.5. The first-order valence-corrected chi connectivity index (χ1v) is 11.1. The van der Waals surface area contributed by atoms with Crippen molar-refractivity contribution in [1.82, 2.24) is 4.72 Å². The van der Waals surface area contributed by atoms with Gasteiger partial charge in [0.1, 0.15) is 5.75 Å². The minimum atomic E-state index is -4.00. The largest absolute Gasteiger partial charge is 0.496 e. The number of anilines is 1. The summed E-state index contributed by atoms with van der Waals surface area (Å²) < 4.78 is 54.8. The standard InChI is InChI=1S/C17H21N3O6S2/c1-11(2)20-28(24,25)13-6-4-12(5-7-13)19-17(21)15-10-14(27(18,22)23)8-9-16(15)26-3/h4-11,20H,1-3H3,(H,19,21)(H2,18,22,23). The third-order valence-electron chi connectivity index (χ3n) is 3.56. The molecular formula is C17H21N3O6S2. The van der Waals surface area contributed by atoms with Crippen LogP contribution in [0.1, 0.15) is 24.2 Å². The SMILES string of the molecule is COc1ccc(S(N)(=O)=O)cc1C(=O)Nc1ccc(S(=O)(=O)NC(C)C)cc1. The number of carbonyl (C=O) groups excluding carboxylic acids is 1. The van der Waals surface area contributed by atoms with Crippen LogP contribution in [0.5, 0.6) is 5.75 Å². The molecule has 2 aromatic carbocycles. The van der Waals surface area contributed by atoms with Gasteiger partial charge in [0.15, 0.2) is 0 Å². The topological polar surface area (TPSA) is 145 Å². The number of primary sulfonamides is 1. The summed E-state index contributed by atoms with van der Waals surface area (Å²) in [6, 6.07) is 8.92. The lowest BCUT2D eigenvalue weighted by Crippen LogP contribution is -2.30. The number of benzene rings is 2. The molecule has 0 unspecified atom stereocenters. The van der Waals surface area contributed by atoms with Crippen LogP contribution in [-0.2, 0) is 20.0 Å². The van der Waals surface area contributed by atoms with Gasteiger partial charge in [-0.2, -0.15) is 0 Å². The molecule has 0 aliphatic heterocycles. The third kappa shape index (κ3) is 5.29. The number of sulfonamides is 2. The fraction of sp³-hybridized carbons (Fsp3) is 0.235. The number of methoxy groups -OCH3 is 1. The molecule has 0 aliphatic carbocycles. The van der Waals surface area contributed by atoms with Crippen LogP contribution in [0.15, 0.2) is 52.3 Å². The second-order valence-electron chi connectivity index (χ2n) is 6.16. The molecule has 0 aromatic heterocycles. The summed E-state index contributed by atoms with van der Waals surface area (Å²) in [6.07, 6.45) is 0. The van der Waals surface area contributed by atoms with E-state index in [0.29, 0.717) is 5.69 Å². The fourth-order valence-electron chi connectivity index (χ4n) is 2.34. The summed E-state index contributed by atoms with van der Waals surface area (Å²) in [6.45, 7) is 3.41. The molecule has 0 radical (unpaired) electrons. The molecule has 0 saturated carbocycles. The fourth-order valence-corrected chi connectivity index (χ4v) is 4.13. The molecule has 0 saturated heterocycles. The van der Waals surface area contributed by atoms with E-state index < -0.39 is 26.0 Å². The molecule has 0 aliphatic rings. The quantitative estimate of drug-likeness (QED) is 0.607. The van der Waals surface area contributed by atoms with Crippen molar-refractivity contribution in [2.45, 2.75) is 29.7 Å². The minimum absolute atomic E-state index is 0.0350. The molecule has 2 rings (SSSR count). The highest BCUT2D eigenvalue weighted by atomic mass is 32.2. The number of amides is 1. The van der Waals surface area contributed by atoms with E-state index in [2.05, 4.69) is 10.0 Å². The van der Waals surface area contributed by atoms with Gasteiger partial charge >= 0.3 is 0 Å². The Balaban J connectivity index is 2.28. The van der Waals surface area contributed by atoms with Gasteiger partial charge in [0.05, 0.1) is 22.5 Å². The molecule has 4 N–H and O–H groups in total. The van der Waals surface area contributed by atoms with Gasteiger partial charge < -0.3 is 10.1 Å². The predicted molar refractivity (Wildman–Crippen MR) is 104 cm³/mol. The van der Waals surface area contributed by atoms with Crippen LogP contribution in [0.3, 0.4) is 0 Å². The Morgan fingerprint density at radius 3 is 2.07 bits per heavy atom. The molecule has 11 heteroatoms. The van der Waals surface area contributed by atoms with E-state index in [-0.39, 0.29) is 27.1 Å². The average molecular weight is 428 g/mol. The van der Waals surface area contributed by atoms with Crippen LogP contribution < -0.4 is 19.9 Å². The van der Waals surface area contributed by atoms with Crippen LogP contribution in [0.4, 0.5) is 5.69 Å². The van der Waals surface area contributed by atoms with Gasteiger partial charge in [-0.25, -0.2) is 26.7 Å². The highest BCUT2D eigenvalue weighted by molar-refractivity contribution is 7.89. The summed E-state index contributed by atoms with van der Waals surface area (Å²) in [5, 5.41) is 7.66. The maximum absolute atomic E-state index is 12.5. The Morgan fingerprint density at radius 2 is 1.57 bits per heavy atom. The molecular weight excluding hydrogens is 406 g/mol. The lowest BCUT2D eigenvalue weighted by atomic mass is 10.2. The molecule has 152 valence electrons. The van der Waals surface area contributed by atoms with Crippen molar-refractivity contribution in [2.24, 2.45) is 5.14 Å². The molecule has 0 fully saturated rings. The van der Waals surface area contributed by atoms with Gasteiger partial charge in [0.25, 0.3) is 5.91 Å². The third-order valence-corrected chi connectivity index (χ3v) is 6.14. The summed E-state index contributed by atoms with van der Waals surface area (Å²) in [4.78, 5) is 12.4. The van der Waals surface area contributed by atoms with Crippen molar-refractivity contribution in [3.05, 3.63) is 48.0 Å². The van der Waals surface area contributed by atoms with Crippen molar-refractivity contribution in [3.8, 4) is 5.75 Å². The molecule has 0 atom stereocenters. The predicted octanol–water partition coefficient (Wildman–Crippen LogP) is 1.28. The van der Waals surface area contributed by atoms with E-state index in [1.807, 2.05) is 0 Å². The Labute approximate surface area is 164 Å². The number of nitrogens with two attached hydrogens (primary N) is 1. The number of hydrogen-bond donors (Lipinski definition) is 3. The van der Waals surface area contributed by atoms with E-state index in [1.165, 1.54) is 43.5 Å². The number of rotatable bonds is 7. The van der Waals surface area contributed by atoms with Crippen molar-refractivity contribution in [1.29, 1.82) is 0 Å². The number of ether oxygens (including phenoxy) is 1. The van der Waals surface area contributed by atoms with Gasteiger partial charge in [-0.05, 0) is 56.3 Å². The van der Waals surface area contributed by atoms with Crippen LogP contribution in [0.25, 0.3) is 0 Å². The van der Waals surface area contributed by atoms with Crippen molar-refractivity contribution in [3.63, 3.8) is 0 Å². The van der Waals surface area contributed by atoms with E-state index in [1.54, 1.807) is 13.8 Å². The van der Waals surface area contributed by atoms with Crippen LogP contribution >= 0.6 is 0 Å². The molecule has 0 spiro atoms. The van der Waals surface area contributed by atoms with Gasteiger partial charge in [-0.1, -0.05) is 0 Å². The monoisotopic (exact) mass is 427 g/mol. The van der Waals surface area contributed by atoms with E-state index in [9.17, 15) is 21.6 Å². The van der Waals surface area contributed by atoms with Gasteiger partial charge in [-0.3, -0.25) is 4.79 Å². The zero-order valence-corrected chi connectivity index (χ0v) is 17.1. The van der Waals surface area contributed by atoms with Gasteiger partial charge in [0, 0.05) is 11.7 Å². The van der Waals surface area contributed by atoms with Crippen molar-refractivity contribution >= 4 is 31.6 Å². The summed E-state index contributed by atoms with van der Waals surface area (Å²) >= 11 is 0. The number of nitrogens with one attached hydrogen (secondary N) is 2. The normalized spacial score (nSPS) is 12.0. The number of hydrogen-bond acceptors (Lipinski definition) is 6. The van der Waals surface area contributed by atoms with E-state index in [4.69, 9.17) is 9.88 Å². The van der Waals surface area contributed by atoms with Gasteiger partial charge in [0.2, 0.25) is 20.0 Å². The molecule has 0 heterocycles. The Bertz CT molecular complexity index is 1080. The first-order valence-electron chi connectivity index (χ1n) is 8.08. The summed E-state index contributed by atoms with van der Waals surface area (Å²) in [7, 11) is -6.31.